The van der Waals surface area contributed by atoms with E-state index in [9.17, 15) is 4.39 Å². The average Bonchev–Trinajstić information content (AvgIpc) is 2.25. The fourth-order valence-electron chi connectivity index (χ4n) is 1.63. The molecule has 1 N–H and O–H groups in total. The van der Waals surface area contributed by atoms with Gasteiger partial charge in [-0.25, -0.2) is 4.39 Å². The van der Waals surface area contributed by atoms with Gasteiger partial charge in [-0.1, -0.05) is 11.6 Å². The minimum absolute atomic E-state index is 0.0953. The van der Waals surface area contributed by atoms with Crippen molar-refractivity contribution < 1.29 is 9.13 Å². The van der Waals surface area contributed by atoms with Crippen LogP contribution in [0.4, 0.5) is 4.39 Å². The molecule has 0 aliphatic rings. The molecule has 0 aliphatic carbocycles. The van der Waals surface area contributed by atoms with E-state index in [1.165, 1.54) is 13.2 Å². The van der Waals surface area contributed by atoms with E-state index in [1.807, 2.05) is 20.0 Å². The summed E-state index contributed by atoms with van der Waals surface area (Å²) in [6.45, 7) is 5.83. The summed E-state index contributed by atoms with van der Waals surface area (Å²) in [4.78, 5) is 0. The number of methoxy groups -OCH3 is 1. The van der Waals surface area contributed by atoms with E-state index in [1.54, 1.807) is 6.07 Å². The van der Waals surface area contributed by atoms with Crippen molar-refractivity contribution in [2.75, 3.05) is 14.2 Å². The SMILES string of the molecule is C=C(C)CC(NC)c1ccc(OC)c(F)c1. The van der Waals surface area contributed by atoms with Crippen molar-refractivity contribution in [2.24, 2.45) is 0 Å². The molecule has 0 fully saturated rings. The summed E-state index contributed by atoms with van der Waals surface area (Å²) in [5.74, 6) is -0.0594. The van der Waals surface area contributed by atoms with Crippen LogP contribution in [0.1, 0.15) is 24.9 Å². The van der Waals surface area contributed by atoms with Crippen LogP contribution in [0.5, 0.6) is 5.75 Å². The van der Waals surface area contributed by atoms with Crippen molar-refractivity contribution in [3.05, 3.63) is 41.7 Å². The first-order chi connectivity index (χ1) is 7.58. The van der Waals surface area contributed by atoms with Crippen LogP contribution in [0.15, 0.2) is 30.4 Å². The predicted octanol–water partition coefficient (Wildman–Crippen LogP) is 3.06. The lowest BCUT2D eigenvalue weighted by Crippen LogP contribution is -2.16. The monoisotopic (exact) mass is 223 g/mol. The van der Waals surface area contributed by atoms with E-state index in [0.29, 0.717) is 0 Å². The lowest BCUT2D eigenvalue weighted by molar-refractivity contribution is 0.385. The van der Waals surface area contributed by atoms with Crippen molar-refractivity contribution in [2.45, 2.75) is 19.4 Å². The van der Waals surface area contributed by atoms with E-state index in [2.05, 4.69) is 11.9 Å². The van der Waals surface area contributed by atoms with Crippen LogP contribution in [-0.2, 0) is 0 Å². The Kier molecular flexibility index (Phi) is 4.50. The van der Waals surface area contributed by atoms with Gasteiger partial charge in [0.2, 0.25) is 0 Å². The van der Waals surface area contributed by atoms with Crippen LogP contribution in [-0.4, -0.2) is 14.2 Å². The number of hydrogen-bond donors (Lipinski definition) is 1. The van der Waals surface area contributed by atoms with Gasteiger partial charge in [-0.3, -0.25) is 0 Å². The molecule has 1 atom stereocenters. The van der Waals surface area contributed by atoms with Crippen molar-refractivity contribution in [1.29, 1.82) is 0 Å². The maximum atomic E-state index is 13.5. The zero-order chi connectivity index (χ0) is 12.1. The highest BCUT2D eigenvalue weighted by Crippen LogP contribution is 2.25. The third-order valence-electron chi connectivity index (χ3n) is 2.48. The van der Waals surface area contributed by atoms with E-state index in [4.69, 9.17) is 4.74 Å². The lowest BCUT2D eigenvalue weighted by atomic mass is 10.0. The number of ether oxygens (including phenoxy) is 1. The normalized spacial score (nSPS) is 12.2. The third kappa shape index (κ3) is 3.07. The minimum atomic E-state index is -0.332. The average molecular weight is 223 g/mol. The van der Waals surface area contributed by atoms with E-state index in [0.717, 1.165) is 17.6 Å². The predicted molar refractivity (Wildman–Crippen MR) is 64.2 cm³/mol. The molecule has 16 heavy (non-hydrogen) atoms. The van der Waals surface area contributed by atoms with Crippen LogP contribution in [0, 0.1) is 5.82 Å². The molecule has 1 aromatic rings. The molecule has 0 saturated heterocycles. The highest BCUT2D eigenvalue weighted by atomic mass is 19.1. The number of hydrogen-bond acceptors (Lipinski definition) is 2. The first kappa shape index (κ1) is 12.7. The second kappa shape index (κ2) is 5.66. The Morgan fingerprint density at radius 2 is 2.25 bits per heavy atom. The van der Waals surface area contributed by atoms with Gasteiger partial charge in [0.1, 0.15) is 0 Å². The summed E-state index contributed by atoms with van der Waals surface area (Å²) in [5, 5.41) is 3.15. The van der Waals surface area contributed by atoms with E-state index in [-0.39, 0.29) is 17.6 Å². The zero-order valence-electron chi connectivity index (χ0n) is 10.0. The summed E-state index contributed by atoms with van der Waals surface area (Å²) < 4.78 is 18.4. The van der Waals surface area contributed by atoms with E-state index >= 15 is 0 Å². The van der Waals surface area contributed by atoms with Crippen LogP contribution >= 0.6 is 0 Å². The Morgan fingerprint density at radius 1 is 1.56 bits per heavy atom. The fourth-order valence-corrected chi connectivity index (χ4v) is 1.63. The summed E-state index contributed by atoms with van der Waals surface area (Å²) in [6.07, 6.45) is 0.794. The summed E-state index contributed by atoms with van der Waals surface area (Å²) in [5.41, 5.74) is 1.97. The first-order valence-corrected chi connectivity index (χ1v) is 5.23. The molecule has 0 heterocycles. The molecule has 2 nitrogen and oxygen atoms in total. The summed E-state index contributed by atoms with van der Waals surface area (Å²) in [6, 6.07) is 5.11. The Bertz CT molecular complexity index is 376. The maximum absolute atomic E-state index is 13.5. The van der Waals surface area contributed by atoms with E-state index < -0.39 is 0 Å². The van der Waals surface area contributed by atoms with Crippen molar-refractivity contribution in [3.63, 3.8) is 0 Å². The number of halogens is 1. The molecule has 0 amide bonds. The number of nitrogens with one attached hydrogen (secondary N) is 1. The molecule has 1 aromatic carbocycles. The molecule has 1 unspecified atom stereocenters. The number of benzene rings is 1. The summed E-state index contributed by atoms with van der Waals surface area (Å²) in [7, 11) is 3.32. The van der Waals surface area contributed by atoms with Gasteiger partial charge < -0.3 is 10.1 Å². The second-order valence-electron chi connectivity index (χ2n) is 3.90. The highest BCUT2D eigenvalue weighted by Gasteiger charge is 2.12. The molecular weight excluding hydrogens is 205 g/mol. The van der Waals surface area contributed by atoms with Crippen LogP contribution in [0.3, 0.4) is 0 Å². The Balaban J connectivity index is 2.93. The Labute approximate surface area is 96.1 Å². The lowest BCUT2D eigenvalue weighted by Gasteiger charge is -2.17. The van der Waals surface area contributed by atoms with Crippen LogP contribution in [0.2, 0.25) is 0 Å². The molecule has 0 bridgehead atoms. The topological polar surface area (TPSA) is 21.3 Å². The largest absolute Gasteiger partial charge is 0.494 e. The van der Waals surface area contributed by atoms with Crippen molar-refractivity contribution in [1.82, 2.24) is 5.32 Å². The summed E-state index contributed by atoms with van der Waals surface area (Å²) >= 11 is 0. The molecule has 3 heteroatoms. The van der Waals surface area contributed by atoms with Gasteiger partial charge >= 0.3 is 0 Å². The van der Waals surface area contributed by atoms with Gasteiger partial charge in [-0.05, 0) is 38.1 Å². The van der Waals surface area contributed by atoms with Crippen LogP contribution < -0.4 is 10.1 Å². The van der Waals surface area contributed by atoms with Crippen molar-refractivity contribution >= 4 is 0 Å². The molecule has 0 spiro atoms. The standard InChI is InChI=1S/C13H18FNO/c1-9(2)7-12(15-3)10-5-6-13(16-4)11(14)8-10/h5-6,8,12,15H,1,7H2,2-4H3. The molecule has 0 radical (unpaired) electrons. The van der Waals surface area contributed by atoms with Gasteiger partial charge in [0.25, 0.3) is 0 Å². The highest BCUT2D eigenvalue weighted by molar-refractivity contribution is 5.31. The molecule has 88 valence electrons. The van der Waals surface area contributed by atoms with Crippen molar-refractivity contribution in [3.8, 4) is 5.75 Å². The fraction of sp³-hybridized carbons (Fsp3) is 0.385. The maximum Gasteiger partial charge on any atom is 0.165 e. The third-order valence-corrected chi connectivity index (χ3v) is 2.48. The Morgan fingerprint density at radius 3 is 2.69 bits per heavy atom. The molecule has 0 saturated carbocycles. The van der Waals surface area contributed by atoms with Crippen LogP contribution in [0.25, 0.3) is 0 Å². The quantitative estimate of drug-likeness (QED) is 0.775. The minimum Gasteiger partial charge on any atom is -0.494 e. The Hall–Kier alpha value is -1.35. The first-order valence-electron chi connectivity index (χ1n) is 5.23. The molecule has 0 aromatic heterocycles. The van der Waals surface area contributed by atoms with Gasteiger partial charge in [-0.2, -0.15) is 0 Å². The number of rotatable bonds is 5. The molecular formula is C13H18FNO. The molecule has 0 aliphatic heterocycles. The smallest absolute Gasteiger partial charge is 0.165 e. The van der Waals surface area contributed by atoms with Gasteiger partial charge in [0, 0.05) is 6.04 Å². The van der Waals surface area contributed by atoms with Gasteiger partial charge in [0.05, 0.1) is 7.11 Å². The zero-order valence-corrected chi connectivity index (χ0v) is 10.0. The molecule has 1 rings (SSSR count). The van der Waals surface area contributed by atoms with Gasteiger partial charge in [0.15, 0.2) is 11.6 Å². The van der Waals surface area contributed by atoms with Gasteiger partial charge in [-0.15, -0.1) is 6.58 Å². The second-order valence-corrected chi connectivity index (χ2v) is 3.90.